The molecule has 4 rings (SSSR count). The highest BCUT2D eigenvalue weighted by atomic mass is 16.5. The van der Waals surface area contributed by atoms with Gasteiger partial charge in [-0.25, -0.2) is 0 Å². The molecule has 0 saturated carbocycles. The summed E-state index contributed by atoms with van der Waals surface area (Å²) in [6.07, 6.45) is 3.43. The van der Waals surface area contributed by atoms with E-state index in [1.807, 2.05) is 30.3 Å². The third-order valence-electron chi connectivity index (χ3n) is 5.57. The molecule has 2 N–H and O–H groups in total. The highest BCUT2D eigenvalue weighted by molar-refractivity contribution is 5.91. The lowest BCUT2D eigenvalue weighted by atomic mass is 10.0. The van der Waals surface area contributed by atoms with Gasteiger partial charge in [0.25, 0.3) is 5.91 Å². The van der Waals surface area contributed by atoms with E-state index in [0.717, 1.165) is 48.6 Å². The van der Waals surface area contributed by atoms with Crippen molar-refractivity contribution < 1.29 is 19.2 Å². The van der Waals surface area contributed by atoms with Gasteiger partial charge in [-0.05, 0) is 35.9 Å². The molecule has 150 valence electrons. The van der Waals surface area contributed by atoms with E-state index in [1.165, 1.54) is 10.5 Å². The molecular weight excluding hydrogens is 366 g/mol. The number of amides is 1. The molecule has 1 fully saturated rings. The van der Waals surface area contributed by atoms with Crippen molar-refractivity contribution in [1.29, 1.82) is 5.26 Å². The van der Waals surface area contributed by atoms with E-state index in [0.29, 0.717) is 26.2 Å². The van der Waals surface area contributed by atoms with Crippen LogP contribution in [0, 0.1) is 11.3 Å². The average Bonchev–Trinajstić information content (AvgIpc) is 3.04. The Morgan fingerprint density at radius 2 is 1.90 bits per heavy atom. The van der Waals surface area contributed by atoms with Crippen LogP contribution < -0.4 is 19.7 Å². The number of hydrogen-bond acceptors (Lipinski definition) is 4. The summed E-state index contributed by atoms with van der Waals surface area (Å²) in [5.41, 5.74) is 2.92. The molecule has 2 aromatic rings. The first kappa shape index (κ1) is 19.3. The Kier molecular flexibility index (Phi) is 5.97. The fourth-order valence-corrected chi connectivity index (χ4v) is 4.13. The highest BCUT2D eigenvalue weighted by Crippen LogP contribution is 2.33. The Morgan fingerprint density at radius 1 is 1.10 bits per heavy atom. The van der Waals surface area contributed by atoms with Gasteiger partial charge in [0.05, 0.1) is 32.2 Å². The van der Waals surface area contributed by atoms with Crippen LogP contribution in [0.3, 0.4) is 0 Å². The minimum Gasteiger partial charge on any atom is -0.490 e. The van der Waals surface area contributed by atoms with E-state index in [2.05, 4.69) is 23.5 Å². The number of quaternary nitrogens is 1. The Morgan fingerprint density at radius 3 is 2.69 bits per heavy atom. The molecule has 6 nitrogen and oxygen atoms in total. The molecule has 29 heavy (non-hydrogen) atoms. The minimum absolute atomic E-state index is 0.00859. The molecule has 0 aromatic heterocycles. The van der Waals surface area contributed by atoms with Crippen LogP contribution in [0.1, 0.15) is 36.4 Å². The van der Waals surface area contributed by atoms with Gasteiger partial charge in [0.1, 0.15) is 6.04 Å². The Hall–Kier alpha value is -3.04. The predicted molar refractivity (Wildman–Crippen MR) is 109 cm³/mol. The van der Waals surface area contributed by atoms with Crippen LogP contribution in [0.15, 0.2) is 42.5 Å². The number of benzene rings is 2. The topological polar surface area (TPSA) is 75.8 Å². The third kappa shape index (κ3) is 4.69. The Balaban J connectivity index is 1.40. The second-order valence-corrected chi connectivity index (χ2v) is 7.62. The van der Waals surface area contributed by atoms with Crippen molar-refractivity contribution in [2.24, 2.45) is 0 Å². The van der Waals surface area contributed by atoms with Crippen molar-refractivity contribution in [3.8, 4) is 17.6 Å². The fraction of sp³-hybridized carbons (Fsp3) is 0.391. The zero-order valence-electron chi connectivity index (χ0n) is 16.4. The summed E-state index contributed by atoms with van der Waals surface area (Å²) < 4.78 is 11.6. The molecule has 2 aromatic carbocycles. The Bertz CT molecular complexity index is 905. The van der Waals surface area contributed by atoms with E-state index in [9.17, 15) is 4.79 Å². The van der Waals surface area contributed by atoms with Gasteiger partial charge >= 0.3 is 0 Å². The maximum absolute atomic E-state index is 12.6. The maximum Gasteiger partial charge on any atom is 0.279 e. The summed E-state index contributed by atoms with van der Waals surface area (Å²) in [6.45, 7) is 2.77. The second kappa shape index (κ2) is 8.97. The van der Waals surface area contributed by atoms with Crippen LogP contribution in [0.2, 0.25) is 0 Å². The molecule has 1 saturated heterocycles. The maximum atomic E-state index is 12.6. The van der Waals surface area contributed by atoms with Crippen LogP contribution in [-0.4, -0.2) is 32.2 Å². The van der Waals surface area contributed by atoms with E-state index < -0.39 is 0 Å². The van der Waals surface area contributed by atoms with Crippen molar-refractivity contribution >= 4 is 11.6 Å². The van der Waals surface area contributed by atoms with Crippen LogP contribution in [0.25, 0.3) is 0 Å². The summed E-state index contributed by atoms with van der Waals surface area (Å²) in [7, 11) is 0. The number of rotatable bonds is 5. The summed E-state index contributed by atoms with van der Waals surface area (Å²) >= 11 is 0. The molecule has 0 aliphatic carbocycles. The van der Waals surface area contributed by atoms with Gasteiger partial charge in [-0.1, -0.05) is 12.1 Å². The van der Waals surface area contributed by atoms with Gasteiger partial charge in [-0.15, -0.1) is 0 Å². The summed E-state index contributed by atoms with van der Waals surface area (Å²) in [5.74, 6) is 1.63. The first-order valence-corrected chi connectivity index (χ1v) is 10.2. The quantitative estimate of drug-likeness (QED) is 0.819. The molecular formula is C23H26N3O3+. The number of nitrogens with zero attached hydrogens (tertiary/aromatic N) is 1. The zero-order chi connectivity index (χ0) is 20.1. The Labute approximate surface area is 171 Å². The molecule has 2 aliphatic rings. The summed E-state index contributed by atoms with van der Waals surface area (Å²) in [4.78, 5) is 13.9. The monoisotopic (exact) mass is 392 g/mol. The molecule has 2 atom stereocenters. The molecule has 6 heteroatoms. The van der Waals surface area contributed by atoms with Crippen LogP contribution in [0.4, 0.5) is 5.69 Å². The minimum atomic E-state index is 0.00859. The third-order valence-corrected chi connectivity index (χ3v) is 5.57. The number of hydrogen-bond donors (Lipinski definition) is 2. The number of carbonyl (C=O) groups excluding carboxylic acids is 1. The second-order valence-electron chi connectivity index (χ2n) is 7.62. The van der Waals surface area contributed by atoms with Gasteiger partial charge < -0.3 is 19.7 Å². The average molecular weight is 392 g/mol. The van der Waals surface area contributed by atoms with Crippen LogP contribution in [-0.2, 0) is 11.2 Å². The number of fused-ring (bicyclic) bond motifs is 1. The largest absolute Gasteiger partial charge is 0.490 e. The van der Waals surface area contributed by atoms with Gasteiger partial charge in [0.15, 0.2) is 18.0 Å². The molecule has 2 aliphatic heterocycles. The smallest absolute Gasteiger partial charge is 0.279 e. The zero-order valence-corrected chi connectivity index (χ0v) is 16.4. The molecule has 1 amide bonds. The van der Waals surface area contributed by atoms with E-state index >= 15 is 0 Å². The predicted octanol–water partition coefficient (Wildman–Crippen LogP) is 2.27. The van der Waals surface area contributed by atoms with Crippen molar-refractivity contribution in [3.63, 3.8) is 0 Å². The van der Waals surface area contributed by atoms with Gasteiger partial charge in [-0.3, -0.25) is 4.79 Å². The van der Waals surface area contributed by atoms with Crippen LogP contribution in [0.5, 0.6) is 11.5 Å². The van der Waals surface area contributed by atoms with E-state index in [-0.39, 0.29) is 11.9 Å². The standard InChI is InChI=1S/C23H25N3O3/c24-11-10-17-4-7-19(8-5-17)25-23(27)16-26-12-1-3-20(26)18-6-9-21-22(15-18)29-14-2-13-28-21/h4-9,15,20H,1-3,10,12-14,16H2,(H,25,27)/p+1/t20-/m0/s1. The van der Waals surface area contributed by atoms with Crippen molar-refractivity contribution in [2.45, 2.75) is 31.7 Å². The molecule has 0 spiro atoms. The van der Waals surface area contributed by atoms with Crippen molar-refractivity contribution in [3.05, 3.63) is 53.6 Å². The lowest BCUT2D eigenvalue weighted by Gasteiger charge is -2.22. The fourth-order valence-electron chi connectivity index (χ4n) is 4.13. The van der Waals surface area contributed by atoms with Crippen molar-refractivity contribution in [2.75, 3.05) is 31.6 Å². The molecule has 0 bridgehead atoms. The molecule has 2 heterocycles. The molecule has 0 radical (unpaired) electrons. The highest BCUT2D eigenvalue weighted by Gasteiger charge is 2.32. The lowest BCUT2D eigenvalue weighted by molar-refractivity contribution is -0.910. The van der Waals surface area contributed by atoms with Gasteiger partial charge in [0.2, 0.25) is 0 Å². The number of anilines is 1. The first-order valence-electron chi connectivity index (χ1n) is 10.2. The summed E-state index contributed by atoms with van der Waals surface area (Å²) in [5, 5.41) is 11.7. The van der Waals surface area contributed by atoms with Crippen LogP contribution >= 0.6 is 0 Å². The van der Waals surface area contributed by atoms with E-state index in [1.54, 1.807) is 0 Å². The summed E-state index contributed by atoms with van der Waals surface area (Å²) in [6, 6.07) is 16.1. The normalized spacial score (nSPS) is 20.5. The SMILES string of the molecule is N#CCc1ccc(NC(=O)C[NH+]2CCC[C@H]2c2ccc3c(c2)OCCCO3)cc1. The van der Waals surface area contributed by atoms with E-state index in [4.69, 9.17) is 14.7 Å². The lowest BCUT2D eigenvalue weighted by Crippen LogP contribution is -3.11. The number of ether oxygens (including phenoxy) is 2. The number of carbonyl (C=O) groups is 1. The first-order chi connectivity index (χ1) is 14.2. The number of likely N-dealkylation sites (tertiary alicyclic amines) is 1. The van der Waals surface area contributed by atoms with Gasteiger partial charge in [-0.2, -0.15) is 5.26 Å². The van der Waals surface area contributed by atoms with Crippen molar-refractivity contribution in [1.82, 2.24) is 0 Å². The molecule has 1 unspecified atom stereocenters. The number of nitrogens with one attached hydrogen (secondary N) is 2. The van der Waals surface area contributed by atoms with Gasteiger partial charge in [0, 0.05) is 30.5 Å². The number of nitriles is 1.